The molecule has 3 atom stereocenters. The molecule has 5 heteroatoms. The second kappa shape index (κ2) is 4.99. The van der Waals surface area contributed by atoms with Crippen LogP contribution in [0.2, 0.25) is 0 Å². The van der Waals surface area contributed by atoms with Crippen LogP contribution in [0.25, 0.3) is 0 Å². The van der Waals surface area contributed by atoms with Crippen molar-refractivity contribution in [3.8, 4) is 0 Å². The predicted octanol–water partition coefficient (Wildman–Crippen LogP) is 1.78. The van der Waals surface area contributed by atoms with Gasteiger partial charge in [-0.15, -0.1) is 0 Å². The van der Waals surface area contributed by atoms with Crippen LogP contribution >= 0.6 is 11.8 Å². The molecular formula is C11H18N2O2S. The number of fused-ring (bicyclic) bond motifs is 1. The summed E-state index contributed by atoms with van der Waals surface area (Å²) in [6.45, 7) is 3.47. The average Bonchev–Trinajstić information content (AvgIpc) is 2.72. The molecule has 2 saturated heterocycles. The van der Waals surface area contributed by atoms with Crippen molar-refractivity contribution >= 4 is 17.8 Å². The van der Waals surface area contributed by atoms with E-state index in [1.807, 2.05) is 11.8 Å². The van der Waals surface area contributed by atoms with E-state index in [0.717, 1.165) is 25.0 Å². The molecule has 16 heavy (non-hydrogen) atoms. The molecule has 0 radical (unpaired) electrons. The molecule has 3 N–H and O–H groups in total. The van der Waals surface area contributed by atoms with E-state index in [2.05, 4.69) is 17.2 Å². The van der Waals surface area contributed by atoms with Gasteiger partial charge in [-0.2, -0.15) is 11.8 Å². The smallest absolute Gasteiger partial charge is 0.315 e. The van der Waals surface area contributed by atoms with Crippen LogP contribution in [0.1, 0.15) is 25.7 Å². The van der Waals surface area contributed by atoms with Gasteiger partial charge in [0.1, 0.15) is 0 Å². The average molecular weight is 242 g/mol. The monoisotopic (exact) mass is 242 g/mol. The molecule has 0 aromatic heterocycles. The molecule has 2 aliphatic heterocycles. The van der Waals surface area contributed by atoms with Crippen LogP contribution in [0.5, 0.6) is 0 Å². The van der Waals surface area contributed by atoms with Gasteiger partial charge in [0.25, 0.3) is 0 Å². The van der Waals surface area contributed by atoms with Gasteiger partial charge in [-0.3, -0.25) is 0 Å². The summed E-state index contributed by atoms with van der Waals surface area (Å²) in [5.74, 6) is 1.29. The van der Waals surface area contributed by atoms with E-state index in [-0.39, 0.29) is 11.8 Å². The Balaban J connectivity index is 1.70. The van der Waals surface area contributed by atoms with Crippen molar-refractivity contribution in [2.24, 2.45) is 0 Å². The molecule has 0 aliphatic carbocycles. The van der Waals surface area contributed by atoms with Crippen molar-refractivity contribution in [3.05, 3.63) is 12.3 Å². The first-order valence-corrected chi connectivity index (χ1v) is 6.77. The third-order valence-corrected chi connectivity index (χ3v) is 4.65. The van der Waals surface area contributed by atoms with Crippen LogP contribution in [-0.2, 0) is 0 Å². The van der Waals surface area contributed by atoms with Crippen LogP contribution in [0, 0.1) is 0 Å². The molecule has 90 valence electrons. The highest BCUT2D eigenvalue weighted by Crippen LogP contribution is 2.33. The number of nitrogens with one attached hydrogen (secondary N) is 2. The zero-order chi connectivity index (χ0) is 11.5. The number of rotatable bonds is 5. The molecule has 0 bridgehead atoms. The number of allylic oxidation sites excluding steroid dienone is 1. The highest BCUT2D eigenvalue weighted by Gasteiger charge is 2.42. The predicted molar refractivity (Wildman–Crippen MR) is 65.7 cm³/mol. The largest absolute Gasteiger partial charge is 0.513 e. The van der Waals surface area contributed by atoms with Gasteiger partial charge < -0.3 is 15.7 Å². The Morgan fingerprint density at radius 1 is 1.50 bits per heavy atom. The van der Waals surface area contributed by atoms with Crippen molar-refractivity contribution in [3.63, 3.8) is 0 Å². The SMILES string of the molecule is C=C(O)CCCC[C@@H]1SC[C@@H]2NC(=O)N[C@@H]21. The first-order chi connectivity index (χ1) is 7.66. The molecule has 0 saturated carbocycles. The van der Waals surface area contributed by atoms with E-state index in [1.165, 1.54) is 0 Å². The highest BCUT2D eigenvalue weighted by atomic mass is 32.2. The number of carbonyl (C=O) groups is 1. The lowest BCUT2D eigenvalue weighted by Crippen LogP contribution is -2.36. The lowest BCUT2D eigenvalue weighted by Gasteiger charge is -2.16. The number of carbonyl (C=O) groups excluding carboxylic acids is 1. The van der Waals surface area contributed by atoms with Gasteiger partial charge in [-0.25, -0.2) is 4.79 Å². The van der Waals surface area contributed by atoms with Crippen molar-refractivity contribution in [2.75, 3.05) is 5.75 Å². The van der Waals surface area contributed by atoms with E-state index < -0.39 is 0 Å². The standard InChI is InChI=1S/C11H18N2O2S/c1-7(14)4-2-3-5-9-10-8(6-16-9)12-11(15)13-10/h8-10,14H,1-6H2,(H2,12,13,15)/t8-,9-,10-/m0/s1. The normalized spacial score (nSPS) is 32.0. The molecule has 0 aromatic carbocycles. The summed E-state index contributed by atoms with van der Waals surface area (Å²) in [5.41, 5.74) is 0. The van der Waals surface area contributed by atoms with Crippen molar-refractivity contribution in [1.29, 1.82) is 0 Å². The minimum absolute atomic E-state index is 0.0240. The summed E-state index contributed by atoms with van der Waals surface area (Å²) >= 11 is 1.93. The Bertz CT molecular complexity index is 296. The van der Waals surface area contributed by atoms with Crippen LogP contribution in [0.15, 0.2) is 12.3 Å². The second-order valence-electron chi connectivity index (χ2n) is 4.43. The summed E-state index contributed by atoms with van der Waals surface area (Å²) in [7, 11) is 0. The van der Waals surface area contributed by atoms with Crippen LogP contribution < -0.4 is 10.6 Å². The summed E-state index contributed by atoms with van der Waals surface area (Å²) in [5, 5.41) is 15.4. The van der Waals surface area contributed by atoms with Gasteiger partial charge in [0.05, 0.1) is 17.8 Å². The Hall–Kier alpha value is -0.840. The van der Waals surface area contributed by atoms with E-state index in [1.54, 1.807) is 0 Å². The number of aliphatic hydroxyl groups is 1. The van der Waals surface area contributed by atoms with Crippen molar-refractivity contribution < 1.29 is 9.90 Å². The Morgan fingerprint density at radius 2 is 2.31 bits per heavy atom. The van der Waals surface area contributed by atoms with Gasteiger partial charge in [0, 0.05) is 17.4 Å². The maximum absolute atomic E-state index is 11.1. The van der Waals surface area contributed by atoms with Crippen LogP contribution in [0.3, 0.4) is 0 Å². The van der Waals surface area contributed by atoms with Gasteiger partial charge in [-0.05, 0) is 12.8 Å². The van der Waals surface area contributed by atoms with Gasteiger partial charge in [0.15, 0.2) is 0 Å². The molecule has 2 amide bonds. The number of amides is 2. The maximum atomic E-state index is 11.1. The lowest BCUT2D eigenvalue weighted by molar-refractivity contribution is 0.247. The first-order valence-electron chi connectivity index (χ1n) is 5.72. The van der Waals surface area contributed by atoms with E-state index in [9.17, 15) is 4.79 Å². The van der Waals surface area contributed by atoms with Gasteiger partial charge >= 0.3 is 6.03 Å². The third-order valence-electron chi connectivity index (χ3n) is 3.14. The fourth-order valence-corrected chi connectivity index (χ4v) is 3.86. The summed E-state index contributed by atoms with van der Waals surface area (Å²) in [6.07, 6.45) is 3.85. The zero-order valence-electron chi connectivity index (χ0n) is 9.24. The van der Waals surface area contributed by atoms with E-state index in [4.69, 9.17) is 5.11 Å². The molecule has 2 rings (SSSR count). The minimum Gasteiger partial charge on any atom is -0.513 e. The zero-order valence-corrected chi connectivity index (χ0v) is 10.1. The number of hydrogen-bond acceptors (Lipinski definition) is 3. The lowest BCUT2D eigenvalue weighted by atomic mass is 10.0. The second-order valence-corrected chi connectivity index (χ2v) is 5.71. The topological polar surface area (TPSA) is 61.4 Å². The van der Waals surface area contributed by atoms with Gasteiger partial charge in [0.2, 0.25) is 0 Å². The Kier molecular flexibility index (Phi) is 3.63. The fourth-order valence-electron chi connectivity index (χ4n) is 2.32. The molecule has 2 aliphatic rings. The summed E-state index contributed by atoms with van der Waals surface area (Å²) in [4.78, 5) is 11.1. The number of unbranched alkanes of at least 4 members (excludes halogenated alkanes) is 1. The Labute approximate surface area is 99.9 Å². The van der Waals surface area contributed by atoms with E-state index in [0.29, 0.717) is 23.8 Å². The quantitative estimate of drug-likeness (QED) is 0.391. The molecular weight excluding hydrogens is 224 g/mol. The fraction of sp³-hybridized carbons (Fsp3) is 0.727. The molecule has 4 nitrogen and oxygen atoms in total. The maximum Gasteiger partial charge on any atom is 0.315 e. The number of aliphatic hydroxyl groups excluding tert-OH is 1. The molecule has 0 spiro atoms. The molecule has 0 unspecified atom stereocenters. The van der Waals surface area contributed by atoms with Crippen molar-refractivity contribution in [1.82, 2.24) is 10.6 Å². The van der Waals surface area contributed by atoms with Gasteiger partial charge in [-0.1, -0.05) is 13.0 Å². The Morgan fingerprint density at radius 3 is 3.06 bits per heavy atom. The summed E-state index contributed by atoms with van der Waals surface area (Å²) < 4.78 is 0. The first kappa shape index (κ1) is 11.6. The minimum atomic E-state index is -0.0240. The molecule has 2 heterocycles. The van der Waals surface area contributed by atoms with Crippen LogP contribution in [-0.4, -0.2) is 34.2 Å². The van der Waals surface area contributed by atoms with Crippen LogP contribution in [0.4, 0.5) is 4.79 Å². The number of hydrogen-bond donors (Lipinski definition) is 3. The number of urea groups is 1. The van der Waals surface area contributed by atoms with Crippen molar-refractivity contribution in [2.45, 2.75) is 43.0 Å². The third kappa shape index (κ3) is 2.64. The highest BCUT2D eigenvalue weighted by molar-refractivity contribution is 8.00. The van der Waals surface area contributed by atoms with E-state index >= 15 is 0 Å². The molecule has 0 aromatic rings. The number of thioether (sulfide) groups is 1. The molecule has 2 fully saturated rings. The summed E-state index contributed by atoms with van der Waals surface area (Å²) in [6, 6.07) is 0.592.